The van der Waals surface area contributed by atoms with Crippen LogP contribution in [-0.2, 0) is 19.6 Å². The van der Waals surface area contributed by atoms with Gasteiger partial charge in [0.05, 0.1) is 17.7 Å². The molecule has 0 N–H and O–H groups in total. The van der Waals surface area contributed by atoms with Crippen molar-refractivity contribution in [2.24, 2.45) is 5.10 Å². The van der Waals surface area contributed by atoms with E-state index in [4.69, 9.17) is 4.74 Å². The quantitative estimate of drug-likeness (QED) is 0.324. The van der Waals surface area contributed by atoms with Crippen LogP contribution in [0.5, 0.6) is 0 Å². The minimum Gasteiger partial charge on any atom is -0.463 e. The lowest BCUT2D eigenvalue weighted by Crippen LogP contribution is -2.21. The van der Waals surface area contributed by atoms with Crippen molar-refractivity contribution in [2.75, 3.05) is 6.61 Å². The monoisotopic (exact) mass is 372 g/mol. The molecule has 0 aromatic heterocycles. The molecular weight excluding hydrogens is 352 g/mol. The molecule has 0 heterocycles. The van der Waals surface area contributed by atoms with Crippen molar-refractivity contribution >= 4 is 22.2 Å². The molecule has 0 fully saturated rings. The Morgan fingerprint density at radius 3 is 2.38 bits per heavy atom. The minimum absolute atomic E-state index is 0.0711. The largest absolute Gasteiger partial charge is 0.463 e. The Bertz CT molecular complexity index is 889. The van der Waals surface area contributed by atoms with Gasteiger partial charge in [0.1, 0.15) is 0 Å². The maximum Gasteiger partial charge on any atom is 0.332 e. The molecule has 0 unspecified atom stereocenters. The summed E-state index contributed by atoms with van der Waals surface area (Å²) < 4.78 is 31.2. The van der Waals surface area contributed by atoms with Crippen molar-refractivity contribution < 1.29 is 17.9 Å². The number of benzene rings is 2. The number of sulfonamides is 1. The van der Waals surface area contributed by atoms with Gasteiger partial charge < -0.3 is 4.74 Å². The molecule has 0 bridgehead atoms. The summed E-state index contributed by atoms with van der Waals surface area (Å²) in [6, 6.07) is 15.4. The van der Waals surface area contributed by atoms with Crippen molar-refractivity contribution in [2.45, 2.75) is 18.7 Å². The van der Waals surface area contributed by atoms with E-state index in [0.717, 1.165) is 27.8 Å². The molecule has 26 heavy (non-hydrogen) atoms. The molecule has 0 aliphatic carbocycles. The number of carbonyl (C=O) groups excluding carboxylic acids is 1. The fraction of sp³-hybridized carbons (Fsp3) is 0.158. The highest BCUT2D eigenvalue weighted by Gasteiger charge is 2.21. The minimum atomic E-state index is -3.96. The molecule has 0 saturated carbocycles. The van der Waals surface area contributed by atoms with Gasteiger partial charge in [0.2, 0.25) is 0 Å². The molecule has 0 spiro atoms. The van der Waals surface area contributed by atoms with Crippen LogP contribution < -0.4 is 0 Å². The Hall–Kier alpha value is -2.93. The SMILES string of the molecule is CCOC(=O)/C=C/N(/N=C/c1ccccc1)S(=O)(=O)c1ccc(C)cc1. The zero-order valence-corrected chi connectivity index (χ0v) is 15.4. The first-order valence-electron chi connectivity index (χ1n) is 7.98. The zero-order valence-electron chi connectivity index (χ0n) is 14.6. The zero-order chi connectivity index (χ0) is 19.0. The molecule has 6 nitrogen and oxygen atoms in total. The second-order valence-electron chi connectivity index (χ2n) is 5.31. The smallest absolute Gasteiger partial charge is 0.332 e. The molecular formula is C19H20N2O4S. The number of aryl methyl sites for hydroxylation is 1. The predicted molar refractivity (Wildman–Crippen MR) is 100 cm³/mol. The molecule has 2 aromatic carbocycles. The van der Waals surface area contributed by atoms with Crippen LogP contribution in [0.15, 0.2) is 76.9 Å². The maximum absolute atomic E-state index is 12.8. The van der Waals surface area contributed by atoms with E-state index >= 15 is 0 Å². The predicted octanol–water partition coefficient (Wildman–Crippen LogP) is 3.10. The van der Waals surface area contributed by atoms with Gasteiger partial charge in [-0.2, -0.15) is 17.9 Å². The van der Waals surface area contributed by atoms with Crippen molar-refractivity contribution in [3.05, 3.63) is 78.0 Å². The summed E-state index contributed by atoms with van der Waals surface area (Å²) in [5.41, 5.74) is 1.66. The number of hydrogen-bond donors (Lipinski definition) is 0. The Morgan fingerprint density at radius 2 is 1.77 bits per heavy atom. The summed E-state index contributed by atoms with van der Waals surface area (Å²) in [6.07, 6.45) is 3.51. The van der Waals surface area contributed by atoms with Crippen LogP contribution in [0.4, 0.5) is 0 Å². The van der Waals surface area contributed by atoms with Crippen LogP contribution in [0.25, 0.3) is 0 Å². The number of nitrogens with zero attached hydrogens (tertiary/aromatic N) is 2. The lowest BCUT2D eigenvalue weighted by molar-refractivity contribution is -0.137. The Labute approximate surface area is 153 Å². The lowest BCUT2D eigenvalue weighted by Gasteiger charge is -2.15. The van der Waals surface area contributed by atoms with Crippen LogP contribution in [-0.4, -0.2) is 31.6 Å². The van der Waals surface area contributed by atoms with Gasteiger partial charge in [0, 0.05) is 12.3 Å². The average Bonchev–Trinajstić information content (AvgIpc) is 2.63. The second kappa shape index (κ2) is 8.96. The van der Waals surface area contributed by atoms with E-state index in [1.807, 2.05) is 25.1 Å². The van der Waals surface area contributed by atoms with E-state index in [9.17, 15) is 13.2 Å². The molecule has 0 aliphatic heterocycles. The highest BCUT2D eigenvalue weighted by molar-refractivity contribution is 7.89. The van der Waals surface area contributed by atoms with E-state index in [1.54, 1.807) is 31.2 Å². The number of carbonyl (C=O) groups is 1. The molecule has 0 saturated heterocycles. The van der Waals surface area contributed by atoms with Gasteiger partial charge in [0.25, 0.3) is 10.0 Å². The summed E-state index contributed by atoms with van der Waals surface area (Å²) in [7, 11) is -3.96. The van der Waals surface area contributed by atoms with Crippen molar-refractivity contribution in [3.8, 4) is 0 Å². The normalized spacial score (nSPS) is 11.8. The molecule has 0 aliphatic rings. The van der Waals surface area contributed by atoms with Gasteiger partial charge in [-0.1, -0.05) is 48.0 Å². The topological polar surface area (TPSA) is 76.0 Å². The Balaban J connectivity index is 2.37. The van der Waals surface area contributed by atoms with E-state index in [2.05, 4.69) is 5.10 Å². The van der Waals surface area contributed by atoms with Gasteiger partial charge in [0.15, 0.2) is 0 Å². The summed E-state index contributed by atoms with van der Waals surface area (Å²) in [5, 5.41) is 4.02. The third-order valence-electron chi connectivity index (χ3n) is 3.31. The number of hydrazone groups is 1. The van der Waals surface area contributed by atoms with E-state index in [1.165, 1.54) is 18.3 Å². The van der Waals surface area contributed by atoms with Crippen LogP contribution in [0.1, 0.15) is 18.1 Å². The third-order valence-corrected chi connectivity index (χ3v) is 4.89. The number of esters is 1. The summed E-state index contributed by atoms with van der Waals surface area (Å²) in [6.45, 7) is 3.73. The molecule has 2 rings (SSSR count). The molecule has 0 atom stereocenters. The van der Waals surface area contributed by atoms with Crippen LogP contribution in [0.3, 0.4) is 0 Å². The van der Waals surface area contributed by atoms with Crippen molar-refractivity contribution in [1.29, 1.82) is 0 Å². The van der Waals surface area contributed by atoms with Crippen LogP contribution in [0, 0.1) is 6.92 Å². The maximum atomic E-state index is 12.8. The molecule has 0 amide bonds. The average molecular weight is 372 g/mol. The van der Waals surface area contributed by atoms with E-state index in [-0.39, 0.29) is 11.5 Å². The molecule has 136 valence electrons. The molecule has 0 radical (unpaired) electrons. The van der Waals surface area contributed by atoms with Gasteiger partial charge in [-0.25, -0.2) is 4.79 Å². The highest BCUT2D eigenvalue weighted by atomic mass is 32.2. The summed E-state index contributed by atoms with van der Waals surface area (Å²) in [4.78, 5) is 11.6. The van der Waals surface area contributed by atoms with Gasteiger partial charge in [-0.05, 0) is 31.5 Å². The first-order chi connectivity index (χ1) is 12.4. The van der Waals surface area contributed by atoms with Crippen LogP contribution in [0.2, 0.25) is 0 Å². The van der Waals surface area contributed by atoms with Gasteiger partial charge >= 0.3 is 5.97 Å². The highest BCUT2D eigenvalue weighted by Crippen LogP contribution is 2.17. The number of hydrogen-bond acceptors (Lipinski definition) is 5. The second-order valence-corrected chi connectivity index (χ2v) is 7.11. The van der Waals surface area contributed by atoms with Crippen LogP contribution >= 0.6 is 0 Å². The van der Waals surface area contributed by atoms with Crippen molar-refractivity contribution in [3.63, 3.8) is 0 Å². The summed E-state index contributed by atoms with van der Waals surface area (Å²) >= 11 is 0. The van der Waals surface area contributed by atoms with Crippen molar-refractivity contribution in [1.82, 2.24) is 4.41 Å². The first kappa shape index (κ1) is 19.4. The Kier molecular flexibility index (Phi) is 6.68. The van der Waals surface area contributed by atoms with E-state index < -0.39 is 16.0 Å². The summed E-state index contributed by atoms with van der Waals surface area (Å²) in [5.74, 6) is -0.647. The first-order valence-corrected chi connectivity index (χ1v) is 9.42. The van der Waals surface area contributed by atoms with E-state index in [0.29, 0.717) is 0 Å². The molecule has 2 aromatic rings. The number of rotatable bonds is 7. The van der Waals surface area contributed by atoms with Gasteiger partial charge in [-0.15, -0.1) is 0 Å². The lowest BCUT2D eigenvalue weighted by atomic mass is 10.2. The Morgan fingerprint density at radius 1 is 1.12 bits per heavy atom. The third kappa shape index (κ3) is 5.29. The van der Waals surface area contributed by atoms with Gasteiger partial charge in [-0.3, -0.25) is 0 Å². The number of ether oxygens (including phenoxy) is 1. The fourth-order valence-electron chi connectivity index (χ4n) is 1.98. The molecule has 7 heteroatoms. The standard InChI is InChI=1S/C19H20N2O4S/c1-3-25-19(22)13-14-21(20-15-17-7-5-4-6-8-17)26(23,24)18-11-9-16(2)10-12-18/h4-15H,3H2,1-2H3/b14-13+,20-15+. The fourth-order valence-corrected chi connectivity index (χ4v) is 3.06.